The van der Waals surface area contributed by atoms with Gasteiger partial charge in [0.05, 0.1) is 13.3 Å². The Morgan fingerprint density at radius 3 is 2.65 bits per heavy atom. The number of methoxy groups -OCH3 is 1. The smallest absolute Gasteiger partial charge is 0.227 e. The number of oxazole rings is 1. The van der Waals surface area contributed by atoms with Crippen LogP contribution in [0.4, 0.5) is 0 Å². The standard InChI is InChI=1S/C13H10N2O2/c1-16-10-4-2-9(3-5-10)13-15-11-8-14-7-6-12(11)17-13/h2-8H,1H3. The first-order valence-electron chi connectivity index (χ1n) is 5.22. The second kappa shape index (κ2) is 3.90. The minimum atomic E-state index is 0.593. The van der Waals surface area contributed by atoms with Crippen molar-refractivity contribution in [3.8, 4) is 17.2 Å². The van der Waals surface area contributed by atoms with Gasteiger partial charge in [0.2, 0.25) is 5.89 Å². The van der Waals surface area contributed by atoms with Gasteiger partial charge in [-0.2, -0.15) is 0 Å². The SMILES string of the molecule is COc1ccc(-c2nc3cnccc3o2)cc1. The van der Waals surface area contributed by atoms with Crippen molar-refractivity contribution in [2.75, 3.05) is 7.11 Å². The highest BCUT2D eigenvalue weighted by molar-refractivity contribution is 5.74. The Morgan fingerprint density at radius 1 is 1.12 bits per heavy atom. The van der Waals surface area contributed by atoms with Crippen LogP contribution >= 0.6 is 0 Å². The van der Waals surface area contributed by atoms with Crippen LogP contribution in [0.15, 0.2) is 47.1 Å². The monoisotopic (exact) mass is 226 g/mol. The molecule has 0 radical (unpaired) electrons. The van der Waals surface area contributed by atoms with Gasteiger partial charge in [0.1, 0.15) is 11.3 Å². The Balaban J connectivity index is 2.07. The zero-order chi connectivity index (χ0) is 11.7. The normalized spacial score (nSPS) is 10.6. The van der Waals surface area contributed by atoms with Gasteiger partial charge in [0.25, 0.3) is 0 Å². The third-order valence-corrected chi connectivity index (χ3v) is 2.53. The average Bonchev–Trinajstić information content (AvgIpc) is 2.82. The number of fused-ring (bicyclic) bond motifs is 1. The Kier molecular flexibility index (Phi) is 2.26. The molecule has 4 nitrogen and oxygen atoms in total. The molecule has 0 amide bonds. The van der Waals surface area contributed by atoms with Crippen LogP contribution in [-0.4, -0.2) is 17.1 Å². The molecule has 3 rings (SSSR count). The summed E-state index contributed by atoms with van der Waals surface area (Å²) in [5, 5.41) is 0. The maximum Gasteiger partial charge on any atom is 0.227 e. The molecule has 4 heteroatoms. The fourth-order valence-corrected chi connectivity index (χ4v) is 1.64. The molecule has 2 aromatic heterocycles. The van der Waals surface area contributed by atoms with Gasteiger partial charge < -0.3 is 9.15 Å². The number of ether oxygens (including phenoxy) is 1. The summed E-state index contributed by atoms with van der Waals surface area (Å²) < 4.78 is 10.7. The molecule has 0 fully saturated rings. The van der Waals surface area contributed by atoms with Crippen molar-refractivity contribution in [2.45, 2.75) is 0 Å². The zero-order valence-electron chi connectivity index (χ0n) is 9.25. The van der Waals surface area contributed by atoms with Crippen molar-refractivity contribution < 1.29 is 9.15 Å². The molecule has 84 valence electrons. The van der Waals surface area contributed by atoms with E-state index in [0.717, 1.165) is 22.4 Å². The topological polar surface area (TPSA) is 48.2 Å². The summed E-state index contributed by atoms with van der Waals surface area (Å²) in [5.41, 5.74) is 2.42. The van der Waals surface area contributed by atoms with Crippen molar-refractivity contribution in [3.63, 3.8) is 0 Å². The summed E-state index contributed by atoms with van der Waals surface area (Å²) in [6.45, 7) is 0. The maximum absolute atomic E-state index is 5.64. The second-order valence-electron chi connectivity index (χ2n) is 3.59. The molecule has 0 saturated heterocycles. The number of rotatable bonds is 2. The number of hydrogen-bond donors (Lipinski definition) is 0. The van der Waals surface area contributed by atoms with Crippen LogP contribution in [0.3, 0.4) is 0 Å². The van der Waals surface area contributed by atoms with Crippen LogP contribution in [0.2, 0.25) is 0 Å². The van der Waals surface area contributed by atoms with Crippen LogP contribution < -0.4 is 4.74 Å². The van der Waals surface area contributed by atoms with E-state index in [1.165, 1.54) is 0 Å². The summed E-state index contributed by atoms with van der Waals surface area (Å²) in [6, 6.07) is 9.38. The molecule has 0 unspecified atom stereocenters. The number of nitrogens with zero attached hydrogens (tertiary/aromatic N) is 2. The molecular weight excluding hydrogens is 216 g/mol. The van der Waals surface area contributed by atoms with E-state index in [1.54, 1.807) is 25.6 Å². The predicted molar refractivity (Wildman–Crippen MR) is 63.8 cm³/mol. The van der Waals surface area contributed by atoms with Gasteiger partial charge in [-0.3, -0.25) is 4.98 Å². The van der Waals surface area contributed by atoms with Crippen LogP contribution in [0.25, 0.3) is 22.6 Å². The van der Waals surface area contributed by atoms with Crippen LogP contribution in [0, 0.1) is 0 Å². The number of aromatic nitrogens is 2. The molecule has 17 heavy (non-hydrogen) atoms. The Morgan fingerprint density at radius 2 is 1.94 bits per heavy atom. The fraction of sp³-hybridized carbons (Fsp3) is 0.0769. The summed E-state index contributed by atoms with van der Waals surface area (Å²) in [7, 11) is 1.64. The minimum absolute atomic E-state index is 0.593. The lowest BCUT2D eigenvalue weighted by Crippen LogP contribution is -1.82. The van der Waals surface area contributed by atoms with Gasteiger partial charge in [0, 0.05) is 17.8 Å². The maximum atomic E-state index is 5.64. The molecule has 0 aliphatic rings. The van der Waals surface area contributed by atoms with Crippen LogP contribution in [-0.2, 0) is 0 Å². The van der Waals surface area contributed by atoms with Crippen molar-refractivity contribution in [1.29, 1.82) is 0 Å². The molecule has 0 bridgehead atoms. The molecule has 3 aromatic rings. The quantitative estimate of drug-likeness (QED) is 0.674. The van der Waals surface area contributed by atoms with Gasteiger partial charge >= 0.3 is 0 Å². The molecular formula is C13H10N2O2. The summed E-state index contributed by atoms with van der Waals surface area (Å²) in [4.78, 5) is 8.37. The van der Waals surface area contributed by atoms with Gasteiger partial charge in [-0.25, -0.2) is 4.98 Å². The van der Waals surface area contributed by atoms with Crippen molar-refractivity contribution in [1.82, 2.24) is 9.97 Å². The van der Waals surface area contributed by atoms with Gasteiger partial charge in [-0.05, 0) is 24.3 Å². The molecule has 0 aliphatic heterocycles. The fourth-order valence-electron chi connectivity index (χ4n) is 1.64. The van der Waals surface area contributed by atoms with Crippen LogP contribution in [0.1, 0.15) is 0 Å². The highest BCUT2D eigenvalue weighted by Gasteiger charge is 2.07. The van der Waals surface area contributed by atoms with Gasteiger partial charge in [0.15, 0.2) is 5.58 Å². The van der Waals surface area contributed by atoms with E-state index in [2.05, 4.69) is 9.97 Å². The Bertz CT molecular complexity index is 611. The Labute approximate surface area is 97.9 Å². The highest BCUT2D eigenvalue weighted by atomic mass is 16.5. The van der Waals surface area contributed by atoms with E-state index < -0.39 is 0 Å². The largest absolute Gasteiger partial charge is 0.497 e. The molecule has 2 heterocycles. The van der Waals surface area contributed by atoms with E-state index >= 15 is 0 Å². The first kappa shape index (κ1) is 9.84. The third-order valence-electron chi connectivity index (χ3n) is 2.53. The summed E-state index contributed by atoms with van der Waals surface area (Å²) in [6.07, 6.45) is 3.37. The third kappa shape index (κ3) is 1.73. The lowest BCUT2D eigenvalue weighted by Gasteiger charge is -1.99. The highest BCUT2D eigenvalue weighted by Crippen LogP contribution is 2.25. The van der Waals surface area contributed by atoms with E-state index in [-0.39, 0.29) is 0 Å². The van der Waals surface area contributed by atoms with Crippen molar-refractivity contribution in [2.24, 2.45) is 0 Å². The van der Waals surface area contributed by atoms with Gasteiger partial charge in [-0.15, -0.1) is 0 Å². The molecule has 0 aliphatic carbocycles. The van der Waals surface area contributed by atoms with E-state index in [0.29, 0.717) is 5.89 Å². The lowest BCUT2D eigenvalue weighted by molar-refractivity contribution is 0.415. The number of benzene rings is 1. The first-order chi connectivity index (χ1) is 8.36. The predicted octanol–water partition coefficient (Wildman–Crippen LogP) is 2.90. The van der Waals surface area contributed by atoms with Crippen LogP contribution in [0.5, 0.6) is 5.75 Å². The van der Waals surface area contributed by atoms with Crippen molar-refractivity contribution in [3.05, 3.63) is 42.7 Å². The average molecular weight is 226 g/mol. The van der Waals surface area contributed by atoms with Crippen molar-refractivity contribution >= 4 is 11.1 Å². The molecule has 1 aromatic carbocycles. The lowest BCUT2D eigenvalue weighted by atomic mass is 10.2. The molecule has 0 spiro atoms. The first-order valence-corrected chi connectivity index (χ1v) is 5.22. The summed E-state index contributed by atoms with van der Waals surface area (Å²) >= 11 is 0. The number of pyridine rings is 1. The van der Waals surface area contributed by atoms with E-state index in [1.807, 2.05) is 24.3 Å². The molecule has 0 N–H and O–H groups in total. The van der Waals surface area contributed by atoms with E-state index in [4.69, 9.17) is 9.15 Å². The Hall–Kier alpha value is -2.36. The second-order valence-corrected chi connectivity index (χ2v) is 3.59. The number of hydrogen-bond acceptors (Lipinski definition) is 4. The molecule has 0 saturated carbocycles. The summed E-state index contributed by atoms with van der Waals surface area (Å²) in [5.74, 6) is 1.40. The minimum Gasteiger partial charge on any atom is -0.497 e. The van der Waals surface area contributed by atoms with Gasteiger partial charge in [-0.1, -0.05) is 0 Å². The molecule has 0 atom stereocenters. The van der Waals surface area contributed by atoms with E-state index in [9.17, 15) is 0 Å². The zero-order valence-corrected chi connectivity index (χ0v) is 9.25.